The van der Waals surface area contributed by atoms with Crippen LogP contribution in [0.2, 0.25) is 0 Å². The standard InChI is InChI=1S/C22H26FN5O2/c23-18-8-6-16(7-9-18)21(30)27-12-1-4-17(14-27)20(29)26-19-5-2-13-28(15-19)22-24-10-3-11-25-22/h3,6-11,17,19H,1-2,4-5,12-15H2,(H,26,29). The van der Waals surface area contributed by atoms with Crippen molar-refractivity contribution in [1.82, 2.24) is 20.2 Å². The van der Waals surface area contributed by atoms with E-state index in [0.717, 1.165) is 32.2 Å². The van der Waals surface area contributed by atoms with Crippen molar-refractivity contribution in [1.29, 1.82) is 0 Å². The van der Waals surface area contributed by atoms with Crippen LogP contribution in [0.25, 0.3) is 0 Å². The van der Waals surface area contributed by atoms with Gasteiger partial charge in [-0.3, -0.25) is 9.59 Å². The second-order valence-corrected chi connectivity index (χ2v) is 7.94. The maximum absolute atomic E-state index is 13.1. The summed E-state index contributed by atoms with van der Waals surface area (Å²) < 4.78 is 13.1. The highest BCUT2D eigenvalue weighted by Gasteiger charge is 2.31. The van der Waals surface area contributed by atoms with Crippen LogP contribution in [0.15, 0.2) is 42.7 Å². The molecule has 2 saturated heterocycles. The molecule has 2 amide bonds. The molecule has 2 aliphatic rings. The number of benzene rings is 1. The third kappa shape index (κ3) is 4.75. The van der Waals surface area contributed by atoms with Crippen LogP contribution in [0, 0.1) is 11.7 Å². The van der Waals surface area contributed by atoms with Crippen molar-refractivity contribution in [3.05, 3.63) is 54.1 Å². The highest BCUT2D eigenvalue weighted by atomic mass is 19.1. The lowest BCUT2D eigenvalue weighted by molar-refractivity contribution is -0.127. The Bertz CT molecular complexity index is 877. The molecule has 1 N–H and O–H groups in total. The summed E-state index contributed by atoms with van der Waals surface area (Å²) in [4.78, 5) is 38.0. The minimum atomic E-state index is -0.370. The zero-order valence-corrected chi connectivity index (χ0v) is 16.8. The fourth-order valence-electron chi connectivity index (χ4n) is 4.20. The van der Waals surface area contributed by atoms with Gasteiger partial charge < -0.3 is 15.1 Å². The van der Waals surface area contributed by atoms with Gasteiger partial charge in [-0.1, -0.05) is 0 Å². The van der Waals surface area contributed by atoms with Crippen molar-refractivity contribution >= 4 is 17.8 Å². The first kappa shape index (κ1) is 20.3. The molecule has 4 rings (SSSR count). The van der Waals surface area contributed by atoms with Crippen molar-refractivity contribution in [3.63, 3.8) is 0 Å². The van der Waals surface area contributed by atoms with Crippen molar-refractivity contribution in [2.24, 2.45) is 5.92 Å². The Balaban J connectivity index is 1.34. The highest BCUT2D eigenvalue weighted by Crippen LogP contribution is 2.21. The number of hydrogen-bond donors (Lipinski definition) is 1. The molecule has 2 atom stereocenters. The second-order valence-electron chi connectivity index (χ2n) is 7.94. The van der Waals surface area contributed by atoms with Gasteiger partial charge >= 0.3 is 0 Å². The van der Waals surface area contributed by atoms with Crippen LogP contribution in [0.3, 0.4) is 0 Å². The van der Waals surface area contributed by atoms with Gasteiger partial charge in [-0.25, -0.2) is 14.4 Å². The maximum atomic E-state index is 13.1. The number of carbonyl (C=O) groups is 2. The Morgan fingerprint density at radius 1 is 1.00 bits per heavy atom. The largest absolute Gasteiger partial charge is 0.351 e. The number of rotatable bonds is 4. The first-order valence-electron chi connectivity index (χ1n) is 10.5. The molecule has 0 bridgehead atoms. The number of likely N-dealkylation sites (tertiary alicyclic amines) is 1. The molecule has 158 valence electrons. The topological polar surface area (TPSA) is 78.4 Å². The molecule has 0 spiro atoms. The van der Waals surface area contributed by atoms with E-state index >= 15 is 0 Å². The van der Waals surface area contributed by atoms with Gasteiger partial charge in [0.25, 0.3) is 5.91 Å². The normalized spacial score (nSPS) is 21.9. The molecule has 0 saturated carbocycles. The molecule has 3 heterocycles. The van der Waals surface area contributed by atoms with Crippen LogP contribution in [0.5, 0.6) is 0 Å². The Hall–Kier alpha value is -3.03. The van der Waals surface area contributed by atoms with E-state index in [2.05, 4.69) is 20.2 Å². The van der Waals surface area contributed by atoms with E-state index in [0.29, 0.717) is 31.1 Å². The zero-order chi connectivity index (χ0) is 20.9. The molecular formula is C22H26FN5O2. The van der Waals surface area contributed by atoms with Gasteiger partial charge in [-0.15, -0.1) is 0 Å². The summed E-state index contributed by atoms with van der Waals surface area (Å²) in [5, 5.41) is 3.17. The fourth-order valence-corrected chi connectivity index (χ4v) is 4.20. The molecule has 7 nitrogen and oxygen atoms in total. The first-order valence-corrected chi connectivity index (χ1v) is 10.5. The van der Waals surface area contributed by atoms with Crippen molar-refractivity contribution < 1.29 is 14.0 Å². The molecule has 2 aromatic rings. The molecule has 0 aliphatic carbocycles. The smallest absolute Gasteiger partial charge is 0.253 e. The molecule has 1 aromatic heterocycles. The predicted octanol–water partition coefficient (Wildman–Crippen LogP) is 2.25. The minimum Gasteiger partial charge on any atom is -0.351 e. The maximum Gasteiger partial charge on any atom is 0.253 e. The Labute approximate surface area is 175 Å². The van der Waals surface area contributed by atoms with Crippen LogP contribution in [0.4, 0.5) is 10.3 Å². The van der Waals surface area contributed by atoms with E-state index < -0.39 is 0 Å². The Morgan fingerprint density at radius 3 is 2.50 bits per heavy atom. The summed E-state index contributed by atoms with van der Waals surface area (Å²) >= 11 is 0. The van der Waals surface area contributed by atoms with Crippen LogP contribution in [-0.2, 0) is 4.79 Å². The fraction of sp³-hybridized carbons (Fsp3) is 0.455. The van der Waals surface area contributed by atoms with Crippen LogP contribution in [0.1, 0.15) is 36.0 Å². The summed E-state index contributed by atoms with van der Waals surface area (Å²) in [6, 6.07) is 7.37. The number of anilines is 1. The number of aromatic nitrogens is 2. The quantitative estimate of drug-likeness (QED) is 0.835. The number of hydrogen-bond acceptors (Lipinski definition) is 5. The molecule has 2 unspecified atom stereocenters. The average molecular weight is 411 g/mol. The van der Waals surface area contributed by atoms with E-state index in [1.807, 2.05) is 0 Å². The SMILES string of the molecule is O=C(NC1CCCN(c2ncccn2)C1)C1CCCN(C(=O)c2ccc(F)cc2)C1. The van der Waals surface area contributed by atoms with E-state index in [1.54, 1.807) is 23.4 Å². The molecule has 8 heteroatoms. The van der Waals surface area contributed by atoms with Gasteiger partial charge in [0.2, 0.25) is 11.9 Å². The summed E-state index contributed by atoms with van der Waals surface area (Å²) in [7, 11) is 0. The van der Waals surface area contributed by atoms with Crippen LogP contribution >= 0.6 is 0 Å². The monoisotopic (exact) mass is 411 g/mol. The molecule has 1 aromatic carbocycles. The first-order chi connectivity index (χ1) is 14.6. The minimum absolute atomic E-state index is 0.00700. The summed E-state index contributed by atoms with van der Waals surface area (Å²) in [6.45, 7) is 2.56. The molecule has 2 fully saturated rings. The van der Waals surface area contributed by atoms with Gasteiger partial charge in [0.05, 0.1) is 5.92 Å². The van der Waals surface area contributed by atoms with Gasteiger partial charge in [0.1, 0.15) is 5.82 Å². The zero-order valence-electron chi connectivity index (χ0n) is 16.8. The summed E-state index contributed by atoms with van der Waals surface area (Å²) in [5.41, 5.74) is 0.447. The summed E-state index contributed by atoms with van der Waals surface area (Å²) in [6.07, 6.45) is 6.86. The third-order valence-corrected chi connectivity index (χ3v) is 5.77. The predicted molar refractivity (Wildman–Crippen MR) is 110 cm³/mol. The molecule has 0 radical (unpaired) electrons. The van der Waals surface area contributed by atoms with Crippen molar-refractivity contribution in [2.75, 3.05) is 31.1 Å². The number of nitrogens with zero attached hydrogens (tertiary/aromatic N) is 4. The lowest BCUT2D eigenvalue weighted by atomic mass is 9.95. The number of halogens is 1. The number of amides is 2. The van der Waals surface area contributed by atoms with Gasteiger partial charge in [-0.2, -0.15) is 0 Å². The second kappa shape index (κ2) is 9.19. The summed E-state index contributed by atoms with van der Waals surface area (Å²) in [5.74, 6) is -0.0773. The van der Waals surface area contributed by atoms with E-state index in [9.17, 15) is 14.0 Å². The molecular weight excluding hydrogens is 385 g/mol. The molecule has 2 aliphatic heterocycles. The van der Waals surface area contributed by atoms with Crippen molar-refractivity contribution in [2.45, 2.75) is 31.7 Å². The van der Waals surface area contributed by atoms with E-state index in [-0.39, 0.29) is 29.6 Å². The van der Waals surface area contributed by atoms with Crippen molar-refractivity contribution in [3.8, 4) is 0 Å². The highest BCUT2D eigenvalue weighted by molar-refractivity contribution is 5.94. The average Bonchev–Trinajstić information content (AvgIpc) is 2.80. The van der Waals surface area contributed by atoms with Crippen LogP contribution < -0.4 is 10.2 Å². The lowest BCUT2D eigenvalue weighted by Gasteiger charge is -2.36. The van der Waals surface area contributed by atoms with Gasteiger partial charge in [0.15, 0.2) is 0 Å². The number of nitrogens with one attached hydrogen (secondary N) is 1. The Morgan fingerprint density at radius 2 is 1.73 bits per heavy atom. The van der Waals surface area contributed by atoms with E-state index in [4.69, 9.17) is 0 Å². The third-order valence-electron chi connectivity index (χ3n) is 5.77. The molecule has 30 heavy (non-hydrogen) atoms. The number of carbonyl (C=O) groups excluding carboxylic acids is 2. The van der Waals surface area contributed by atoms with Crippen LogP contribution in [-0.4, -0.2) is 58.9 Å². The lowest BCUT2D eigenvalue weighted by Crippen LogP contribution is -2.52. The Kier molecular flexibility index (Phi) is 6.21. The number of piperidine rings is 2. The van der Waals surface area contributed by atoms with Gasteiger partial charge in [0, 0.05) is 50.2 Å². The van der Waals surface area contributed by atoms with Gasteiger partial charge in [-0.05, 0) is 56.0 Å². The van der Waals surface area contributed by atoms with E-state index in [1.165, 1.54) is 24.3 Å².